The summed E-state index contributed by atoms with van der Waals surface area (Å²) in [6, 6.07) is 6.55. The predicted molar refractivity (Wildman–Crippen MR) is 87.0 cm³/mol. The molecule has 0 saturated heterocycles. The molecule has 0 aliphatic carbocycles. The highest BCUT2D eigenvalue weighted by molar-refractivity contribution is 5.78. The van der Waals surface area contributed by atoms with Crippen molar-refractivity contribution in [1.29, 1.82) is 0 Å². The number of hydrogen-bond acceptors (Lipinski definition) is 2. The third kappa shape index (κ3) is 3.87. The van der Waals surface area contributed by atoms with E-state index in [4.69, 9.17) is 4.74 Å². The van der Waals surface area contributed by atoms with Crippen LogP contribution in [0.25, 0.3) is 0 Å². The van der Waals surface area contributed by atoms with Gasteiger partial charge in [0.05, 0.1) is 6.61 Å². The molecule has 1 aromatic rings. The van der Waals surface area contributed by atoms with E-state index in [0.29, 0.717) is 5.78 Å². The summed E-state index contributed by atoms with van der Waals surface area (Å²) in [5.41, 5.74) is 2.84. The molecular weight excluding hydrogens is 260 g/mol. The SMILES string of the molecule is CCCC(CCc1ccc2c(c1)C(C)(C)CCO2)C(C)=O. The van der Waals surface area contributed by atoms with Gasteiger partial charge >= 0.3 is 0 Å². The van der Waals surface area contributed by atoms with E-state index in [1.807, 2.05) is 0 Å². The van der Waals surface area contributed by atoms with Crippen molar-refractivity contribution in [2.24, 2.45) is 5.92 Å². The van der Waals surface area contributed by atoms with E-state index in [1.54, 1.807) is 6.92 Å². The van der Waals surface area contributed by atoms with E-state index in [9.17, 15) is 4.79 Å². The summed E-state index contributed by atoms with van der Waals surface area (Å²) in [5.74, 6) is 1.58. The molecule has 1 heterocycles. The molecule has 1 unspecified atom stereocenters. The minimum Gasteiger partial charge on any atom is -0.493 e. The minimum atomic E-state index is 0.187. The van der Waals surface area contributed by atoms with Gasteiger partial charge in [-0.15, -0.1) is 0 Å². The van der Waals surface area contributed by atoms with Gasteiger partial charge in [0, 0.05) is 11.5 Å². The van der Waals surface area contributed by atoms with Gasteiger partial charge in [0.1, 0.15) is 11.5 Å². The average molecular weight is 288 g/mol. The fourth-order valence-corrected chi connectivity index (χ4v) is 3.18. The Morgan fingerprint density at radius 1 is 1.33 bits per heavy atom. The van der Waals surface area contributed by atoms with Crippen LogP contribution in [0, 0.1) is 5.92 Å². The van der Waals surface area contributed by atoms with Crippen LogP contribution in [0.5, 0.6) is 5.75 Å². The maximum absolute atomic E-state index is 11.7. The van der Waals surface area contributed by atoms with E-state index in [2.05, 4.69) is 39.0 Å². The molecule has 2 rings (SSSR count). The lowest BCUT2D eigenvalue weighted by molar-refractivity contribution is -0.121. The van der Waals surface area contributed by atoms with Crippen molar-refractivity contribution in [3.8, 4) is 5.75 Å². The first-order valence-electron chi connectivity index (χ1n) is 8.20. The number of rotatable bonds is 6. The molecule has 0 fully saturated rings. The van der Waals surface area contributed by atoms with Crippen molar-refractivity contribution in [1.82, 2.24) is 0 Å². The number of hydrogen-bond donors (Lipinski definition) is 0. The maximum Gasteiger partial charge on any atom is 0.132 e. The van der Waals surface area contributed by atoms with Crippen molar-refractivity contribution >= 4 is 5.78 Å². The van der Waals surface area contributed by atoms with E-state index in [-0.39, 0.29) is 11.3 Å². The van der Waals surface area contributed by atoms with Gasteiger partial charge in [-0.1, -0.05) is 39.3 Å². The lowest BCUT2D eigenvalue weighted by Gasteiger charge is -2.32. The highest BCUT2D eigenvalue weighted by Gasteiger charge is 2.28. The van der Waals surface area contributed by atoms with Crippen LogP contribution in [0.1, 0.15) is 64.5 Å². The first-order chi connectivity index (χ1) is 9.94. The van der Waals surface area contributed by atoms with Crippen LogP contribution in [-0.2, 0) is 16.6 Å². The molecule has 0 radical (unpaired) electrons. The van der Waals surface area contributed by atoms with E-state index in [0.717, 1.165) is 44.5 Å². The van der Waals surface area contributed by atoms with E-state index < -0.39 is 0 Å². The molecule has 1 aliphatic heterocycles. The normalized spacial score (nSPS) is 17.7. The lowest BCUT2D eigenvalue weighted by Crippen LogP contribution is -2.26. The van der Waals surface area contributed by atoms with Crippen molar-refractivity contribution in [2.45, 2.75) is 65.2 Å². The number of aryl methyl sites for hydroxylation is 1. The molecule has 1 aromatic carbocycles. The standard InChI is InChI=1S/C19H28O2/c1-5-6-16(14(2)20)9-7-15-8-10-18-17(13-15)19(3,4)11-12-21-18/h8,10,13,16H,5-7,9,11-12H2,1-4H3. The number of fused-ring (bicyclic) bond motifs is 1. The van der Waals surface area contributed by atoms with Gasteiger partial charge in [0.2, 0.25) is 0 Å². The summed E-state index contributed by atoms with van der Waals surface area (Å²) in [7, 11) is 0. The number of carbonyl (C=O) groups excluding carboxylic acids is 1. The third-order valence-electron chi connectivity index (χ3n) is 4.75. The Morgan fingerprint density at radius 2 is 2.10 bits per heavy atom. The Hall–Kier alpha value is -1.31. The van der Waals surface area contributed by atoms with Crippen LogP contribution >= 0.6 is 0 Å². The molecule has 1 aliphatic rings. The lowest BCUT2D eigenvalue weighted by atomic mass is 9.79. The van der Waals surface area contributed by atoms with Crippen LogP contribution in [0.15, 0.2) is 18.2 Å². The second-order valence-electron chi connectivity index (χ2n) is 6.95. The predicted octanol–water partition coefficient (Wildman–Crippen LogP) is 4.68. The Labute approximate surface area is 128 Å². The number of benzene rings is 1. The summed E-state index contributed by atoms with van der Waals surface area (Å²) >= 11 is 0. The summed E-state index contributed by atoms with van der Waals surface area (Å²) in [6.45, 7) is 9.25. The molecule has 0 aromatic heterocycles. The highest BCUT2D eigenvalue weighted by Crippen LogP contribution is 2.38. The summed E-state index contributed by atoms with van der Waals surface area (Å²) < 4.78 is 5.76. The Morgan fingerprint density at radius 3 is 2.76 bits per heavy atom. The third-order valence-corrected chi connectivity index (χ3v) is 4.75. The quantitative estimate of drug-likeness (QED) is 0.759. The van der Waals surface area contributed by atoms with Crippen molar-refractivity contribution in [3.63, 3.8) is 0 Å². The monoisotopic (exact) mass is 288 g/mol. The van der Waals surface area contributed by atoms with Crippen LogP contribution in [0.3, 0.4) is 0 Å². The van der Waals surface area contributed by atoms with Crippen LogP contribution in [0.4, 0.5) is 0 Å². The zero-order valence-corrected chi connectivity index (χ0v) is 13.9. The Kier molecular flexibility index (Phi) is 5.08. The molecule has 2 nitrogen and oxygen atoms in total. The number of ketones is 1. The molecule has 0 saturated carbocycles. The number of carbonyl (C=O) groups is 1. The van der Waals surface area contributed by atoms with E-state index >= 15 is 0 Å². The summed E-state index contributed by atoms with van der Waals surface area (Å²) in [4.78, 5) is 11.7. The highest BCUT2D eigenvalue weighted by atomic mass is 16.5. The number of ether oxygens (including phenoxy) is 1. The maximum atomic E-state index is 11.7. The van der Waals surface area contributed by atoms with Crippen LogP contribution in [0.2, 0.25) is 0 Å². The molecule has 0 N–H and O–H groups in total. The average Bonchev–Trinajstić information content (AvgIpc) is 2.43. The first-order valence-corrected chi connectivity index (χ1v) is 8.20. The smallest absolute Gasteiger partial charge is 0.132 e. The molecular formula is C19H28O2. The van der Waals surface area contributed by atoms with Gasteiger partial charge < -0.3 is 4.74 Å². The second kappa shape index (κ2) is 6.64. The zero-order valence-electron chi connectivity index (χ0n) is 13.9. The van der Waals surface area contributed by atoms with E-state index in [1.165, 1.54) is 11.1 Å². The molecule has 0 bridgehead atoms. The largest absolute Gasteiger partial charge is 0.493 e. The molecule has 116 valence electrons. The van der Waals surface area contributed by atoms with Crippen molar-refractivity contribution in [2.75, 3.05) is 6.61 Å². The van der Waals surface area contributed by atoms with Gasteiger partial charge in [0.25, 0.3) is 0 Å². The van der Waals surface area contributed by atoms with Crippen LogP contribution < -0.4 is 4.74 Å². The topological polar surface area (TPSA) is 26.3 Å². The van der Waals surface area contributed by atoms with Gasteiger partial charge in [-0.25, -0.2) is 0 Å². The molecule has 21 heavy (non-hydrogen) atoms. The van der Waals surface area contributed by atoms with Crippen molar-refractivity contribution in [3.05, 3.63) is 29.3 Å². The zero-order chi connectivity index (χ0) is 15.5. The first kappa shape index (κ1) is 16.1. The molecule has 0 spiro atoms. The Bertz CT molecular complexity index is 502. The Balaban J connectivity index is 2.10. The van der Waals surface area contributed by atoms with Gasteiger partial charge in [-0.05, 0) is 49.7 Å². The molecule has 2 heteroatoms. The van der Waals surface area contributed by atoms with Gasteiger partial charge in [-0.3, -0.25) is 4.79 Å². The van der Waals surface area contributed by atoms with Crippen LogP contribution in [-0.4, -0.2) is 12.4 Å². The van der Waals surface area contributed by atoms with Gasteiger partial charge in [-0.2, -0.15) is 0 Å². The number of Topliss-reactive ketones (excluding diaryl/α,β-unsaturated/α-hetero) is 1. The second-order valence-corrected chi connectivity index (χ2v) is 6.95. The molecule has 1 atom stereocenters. The van der Waals surface area contributed by atoms with Gasteiger partial charge in [0.15, 0.2) is 0 Å². The fraction of sp³-hybridized carbons (Fsp3) is 0.632. The summed E-state index contributed by atoms with van der Waals surface area (Å²) in [6.07, 6.45) is 5.09. The fourth-order valence-electron chi connectivity index (χ4n) is 3.18. The minimum absolute atomic E-state index is 0.187. The molecule has 0 amide bonds. The summed E-state index contributed by atoms with van der Waals surface area (Å²) in [5, 5.41) is 0. The van der Waals surface area contributed by atoms with Crippen molar-refractivity contribution < 1.29 is 9.53 Å².